The van der Waals surface area contributed by atoms with E-state index in [0.29, 0.717) is 12.2 Å². The van der Waals surface area contributed by atoms with E-state index in [9.17, 15) is 14.9 Å². The van der Waals surface area contributed by atoms with E-state index in [1.54, 1.807) is 20.8 Å². The van der Waals surface area contributed by atoms with Gasteiger partial charge >= 0.3 is 5.97 Å². The molecule has 0 radical (unpaired) electrons. The molecule has 116 valence electrons. The van der Waals surface area contributed by atoms with Gasteiger partial charge in [0.25, 0.3) is 5.69 Å². The average Bonchev–Trinajstić information content (AvgIpc) is 2.45. The van der Waals surface area contributed by atoms with Crippen LogP contribution in [0.2, 0.25) is 0 Å². The number of nitrogens with zero attached hydrogens (tertiary/aromatic N) is 1. The summed E-state index contributed by atoms with van der Waals surface area (Å²) in [5.41, 5.74) is 4.54. The van der Waals surface area contributed by atoms with E-state index in [4.69, 9.17) is 15.2 Å². The maximum absolute atomic E-state index is 12.2. The van der Waals surface area contributed by atoms with Crippen molar-refractivity contribution < 1.29 is 19.2 Å². The fourth-order valence-electron chi connectivity index (χ4n) is 1.96. The van der Waals surface area contributed by atoms with Crippen molar-refractivity contribution in [1.82, 2.24) is 0 Å². The van der Waals surface area contributed by atoms with Crippen LogP contribution in [0.1, 0.15) is 27.2 Å². The smallest absolute Gasteiger partial charge is 0.352 e. The van der Waals surface area contributed by atoms with Crippen molar-refractivity contribution in [2.75, 3.05) is 6.61 Å². The maximum Gasteiger partial charge on any atom is 0.352 e. The van der Waals surface area contributed by atoms with E-state index in [1.165, 1.54) is 24.3 Å². The Bertz CT molecular complexity index is 501. The summed E-state index contributed by atoms with van der Waals surface area (Å²) in [4.78, 5) is 22.3. The van der Waals surface area contributed by atoms with Gasteiger partial charge in [-0.05, 0) is 32.4 Å². The third-order valence-corrected chi connectivity index (χ3v) is 3.23. The first-order chi connectivity index (χ1) is 9.87. The Morgan fingerprint density at radius 2 is 1.95 bits per heavy atom. The minimum Gasteiger partial charge on any atom is -0.474 e. The van der Waals surface area contributed by atoms with E-state index in [-0.39, 0.29) is 12.3 Å². The molecule has 0 spiro atoms. The van der Waals surface area contributed by atoms with Crippen LogP contribution in [0.3, 0.4) is 0 Å². The molecule has 1 aromatic rings. The molecule has 1 aromatic carbocycles. The number of non-ortho nitro benzene ring substituents is 1. The number of carbonyl (C=O) groups is 1. The zero-order valence-corrected chi connectivity index (χ0v) is 12.4. The van der Waals surface area contributed by atoms with Gasteiger partial charge in [0.15, 0.2) is 0 Å². The highest BCUT2D eigenvalue weighted by molar-refractivity contribution is 5.81. The van der Waals surface area contributed by atoms with E-state index in [2.05, 4.69) is 0 Å². The highest BCUT2D eigenvalue weighted by Crippen LogP contribution is 2.27. The van der Waals surface area contributed by atoms with Crippen molar-refractivity contribution in [1.29, 1.82) is 0 Å². The van der Waals surface area contributed by atoms with Gasteiger partial charge in [0.05, 0.1) is 17.6 Å². The monoisotopic (exact) mass is 296 g/mol. The van der Waals surface area contributed by atoms with Crippen molar-refractivity contribution in [2.24, 2.45) is 5.73 Å². The largest absolute Gasteiger partial charge is 0.474 e. The lowest BCUT2D eigenvalue weighted by Gasteiger charge is -2.34. The fraction of sp³-hybridized carbons (Fsp3) is 0.500. The quantitative estimate of drug-likeness (QED) is 0.469. The van der Waals surface area contributed by atoms with Crippen LogP contribution in [0.4, 0.5) is 5.69 Å². The van der Waals surface area contributed by atoms with E-state index in [0.717, 1.165) is 0 Å². The van der Waals surface area contributed by atoms with Gasteiger partial charge in [0.2, 0.25) is 5.60 Å². The van der Waals surface area contributed by atoms with Crippen LogP contribution in [-0.2, 0) is 9.53 Å². The molecule has 0 aromatic heterocycles. The van der Waals surface area contributed by atoms with E-state index < -0.39 is 22.5 Å². The van der Waals surface area contributed by atoms with Crippen LogP contribution in [-0.4, -0.2) is 29.1 Å². The number of ether oxygens (including phenoxy) is 2. The molecular formula is C14H20N2O5. The lowest BCUT2D eigenvalue weighted by atomic mass is 9.92. The Morgan fingerprint density at radius 3 is 2.33 bits per heavy atom. The minimum absolute atomic E-state index is 0.0543. The maximum atomic E-state index is 12.2. The number of esters is 1. The number of nitro benzene ring substituents is 1. The standard InChI is InChI=1S/C14H20N2O5/c1-4-14(10(3)15,13(17)20-5-2)21-12-8-6-11(7-9-12)16(18)19/h6-10H,4-5,15H2,1-3H3. The third kappa shape index (κ3) is 3.69. The summed E-state index contributed by atoms with van der Waals surface area (Å²) in [6, 6.07) is 4.88. The number of nitrogens with two attached hydrogens (primary N) is 1. The van der Waals surface area contributed by atoms with Crippen molar-refractivity contribution in [3.05, 3.63) is 34.4 Å². The number of rotatable bonds is 7. The Morgan fingerprint density at radius 1 is 1.38 bits per heavy atom. The van der Waals surface area contributed by atoms with Gasteiger partial charge in [-0.3, -0.25) is 10.1 Å². The topological polar surface area (TPSA) is 105 Å². The van der Waals surface area contributed by atoms with Gasteiger partial charge < -0.3 is 15.2 Å². The van der Waals surface area contributed by atoms with Crippen LogP contribution in [0.15, 0.2) is 24.3 Å². The molecule has 7 heteroatoms. The summed E-state index contributed by atoms with van der Waals surface area (Å²) in [6.07, 6.45) is 0.320. The normalized spacial score (nSPS) is 14.9. The predicted molar refractivity (Wildman–Crippen MR) is 77.0 cm³/mol. The van der Waals surface area contributed by atoms with Gasteiger partial charge in [-0.1, -0.05) is 6.92 Å². The Labute approximate surface area is 123 Å². The fourth-order valence-corrected chi connectivity index (χ4v) is 1.96. The second kappa shape index (κ2) is 7.03. The first-order valence-corrected chi connectivity index (χ1v) is 6.73. The lowest BCUT2D eigenvalue weighted by molar-refractivity contribution is -0.384. The second-order valence-electron chi connectivity index (χ2n) is 4.61. The molecule has 2 unspecified atom stereocenters. The number of benzene rings is 1. The predicted octanol–water partition coefficient (Wildman–Crippen LogP) is 2.03. The van der Waals surface area contributed by atoms with Crippen molar-refractivity contribution >= 4 is 11.7 Å². The van der Waals surface area contributed by atoms with Gasteiger partial charge in [-0.2, -0.15) is 0 Å². The molecule has 0 aliphatic carbocycles. The Balaban J connectivity index is 3.06. The van der Waals surface area contributed by atoms with Crippen LogP contribution in [0.5, 0.6) is 5.75 Å². The first-order valence-electron chi connectivity index (χ1n) is 6.73. The van der Waals surface area contributed by atoms with Crippen molar-refractivity contribution in [3.8, 4) is 5.75 Å². The summed E-state index contributed by atoms with van der Waals surface area (Å²) in [5.74, 6) is -0.214. The summed E-state index contributed by atoms with van der Waals surface area (Å²) in [7, 11) is 0. The summed E-state index contributed by atoms with van der Waals surface area (Å²) in [5, 5.41) is 10.6. The van der Waals surface area contributed by atoms with Gasteiger partial charge in [-0.15, -0.1) is 0 Å². The average molecular weight is 296 g/mol. The molecule has 0 saturated heterocycles. The number of hydrogen-bond donors (Lipinski definition) is 1. The Kier molecular flexibility index (Phi) is 5.66. The molecule has 0 bridgehead atoms. The van der Waals surface area contributed by atoms with Crippen LogP contribution in [0.25, 0.3) is 0 Å². The van der Waals surface area contributed by atoms with Crippen molar-refractivity contribution in [3.63, 3.8) is 0 Å². The zero-order chi connectivity index (χ0) is 16.0. The van der Waals surface area contributed by atoms with Gasteiger partial charge in [-0.25, -0.2) is 4.79 Å². The molecule has 2 atom stereocenters. The highest BCUT2D eigenvalue weighted by atomic mass is 16.6. The van der Waals surface area contributed by atoms with Crippen LogP contribution >= 0.6 is 0 Å². The molecule has 21 heavy (non-hydrogen) atoms. The molecule has 0 aliphatic heterocycles. The molecule has 7 nitrogen and oxygen atoms in total. The molecule has 2 N–H and O–H groups in total. The van der Waals surface area contributed by atoms with Crippen molar-refractivity contribution in [2.45, 2.75) is 38.8 Å². The summed E-state index contributed by atoms with van der Waals surface area (Å²) in [6.45, 7) is 5.35. The summed E-state index contributed by atoms with van der Waals surface area (Å²) >= 11 is 0. The van der Waals surface area contributed by atoms with Crippen LogP contribution in [0, 0.1) is 10.1 Å². The molecule has 1 rings (SSSR count). The lowest BCUT2D eigenvalue weighted by Crippen LogP contribution is -2.57. The number of hydrogen-bond acceptors (Lipinski definition) is 6. The minimum atomic E-state index is -1.31. The summed E-state index contributed by atoms with van der Waals surface area (Å²) < 4.78 is 10.8. The molecule has 0 fully saturated rings. The molecule has 0 amide bonds. The molecule has 0 aliphatic rings. The highest BCUT2D eigenvalue weighted by Gasteiger charge is 2.44. The van der Waals surface area contributed by atoms with Gasteiger partial charge in [0, 0.05) is 12.1 Å². The zero-order valence-electron chi connectivity index (χ0n) is 12.4. The molecular weight excluding hydrogens is 276 g/mol. The number of carbonyl (C=O) groups excluding carboxylic acids is 1. The van der Waals surface area contributed by atoms with Gasteiger partial charge in [0.1, 0.15) is 5.75 Å². The van der Waals surface area contributed by atoms with E-state index in [1.807, 2.05) is 0 Å². The van der Waals surface area contributed by atoms with Crippen LogP contribution < -0.4 is 10.5 Å². The first kappa shape index (κ1) is 16.9. The Hall–Kier alpha value is -2.15. The van der Waals surface area contributed by atoms with E-state index >= 15 is 0 Å². The number of nitro groups is 1. The third-order valence-electron chi connectivity index (χ3n) is 3.23. The second-order valence-corrected chi connectivity index (χ2v) is 4.61. The molecule has 0 heterocycles. The molecule has 0 saturated carbocycles. The SMILES string of the molecule is CCOC(=O)C(CC)(Oc1ccc([N+](=O)[O-])cc1)C(C)N.